The maximum Gasteiger partial charge on any atom is 0.416 e. The number of aliphatic hydroxyl groups excluding tert-OH is 1. The van der Waals surface area contributed by atoms with E-state index in [1.165, 1.54) is 0 Å². The lowest BCUT2D eigenvalue weighted by Gasteiger charge is -2.15. The molecule has 1 unspecified atom stereocenters. The number of nitrogens with two attached hydrogens (primary N) is 1. The molecular weight excluding hydrogens is 299 g/mol. The maximum absolute atomic E-state index is 12.6. The number of aliphatic hydroxyl groups is 1. The first-order valence-corrected chi connectivity index (χ1v) is 6.44. The first-order chi connectivity index (χ1) is 8.80. The third-order valence-electron chi connectivity index (χ3n) is 2.60. The molecule has 7 heteroatoms. The van der Waals surface area contributed by atoms with E-state index in [1.54, 1.807) is 11.4 Å². The summed E-state index contributed by atoms with van der Waals surface area (Å²) in [5, 5.41) is 12.1. The highest BCUT2D eigenvalue weighted by molar-refractivity contribution is 7.10. The van der Waals surface area contributed by atoms with Crippen molar-refractivity contribution in [2.24, 2.45) is 0 Å². The predicted octanol–water partition coefficient (Wildman–Crippen LogP) is 4.08. The highest BCUT2D eigenvalue weighted by Crippen LogP contribution is 2.38. The summed E-state index contributed by atoms with van der Waals surface area (Å²) in [6.45, 7) is 0. The van der Waals surface area contributed by atoms with Gasteiger partial charge in [-0.1, -0.05) is 11.6 Å². The highest BCUT2D eigenvalue weighted by Gasteiger charge is 2.32. The van der Waals surface area contributed by atoms with Gasteiger partial charge in [0.2, 0.25) is 0 Å². The summed E-state index contributed by atoms with van der Waals surface area (Å²) in [5.41, 5.74) is 4.85. The average molecular weight is 308 g/mol. The van der Waals surface area contributed by atoms with Gasteiger partial charge in [0.05, 0.1) is 15.5 Å². The van der Waals surface area contributed by atoms with Crippen molar-refractivity contribution in [2.45, 2.75) is 12.3 Å². The van der Waals surface area contributed by atoms with Crippen molar-refractivity contribution >= 4 is 28.6 Å². The fraction of sp³-hybridized carbons (Fsp3) is 0.167. The molecule has 0 amide bonds. The number of benzene rings is 1. The van der Waals surface area contributed by atoms with Gasteiger partial charge in [-0.2, -0.15) is 13.2 Å². The number of hydrogen-bond donors (Lipinski definition) is 2. The van der Waals surface area contributed by atoms with Crippen LogP contribution in [0.25, 0.3) is 0 Å². The van der Waals surface area contributed by atoms with E-state index in [2.05, 4.69) is 0 Å². The van der Waals surface area contributed by atoms with Crippen LogP contribution in [0.15, 0.2) is 29.6 Å². The van der Waals surface area contributed by atoms with E-state index in [1.807, 2.05) is 0 Å². The van der Waals surface area contributed by atoms with Gasteiger partial charge in [0.15, 0.2) is 0 Å². The number of nitrogen functional groups attached to an aromatic ring is 1. The van der Waals surface area contributed by atoms with E-state index >= 15 is 0 Å². The second-order valence-electron chi connectivity index (χ2n) is 3.88. The van der Waals surface area contributed by atoms with Gasteiger partial charge < -0.3 is 10.8 Å². The second-order valence-corrected chi connectivity index (χ2v) is 5.23. The molecule has 0 aliphatic carbocycles. The molecule has 0 saturated carbocycles. The largest absolute Gasteiger partial charge is 0.416 e. The lowest BCUT2D eigenvalue weighted by atomic mass is 10.0. The molecule has 0 saturated heterocycles. The molecule has 1 heterocycles. The Labute approximate surface area is 116 Å². The highest BCUT2D eigenvalue weighted by atomic mass is 35.5. The van der Waals surface area contributed by atoms with Gasteiger partial charge in [-0.3, -0.25) is 0 Å². The number of anilines is 1. The van der Waals surface area contributed by atoms with Gasteiger partial charge in [-0.15, -0.1) is 11.3 Å². The number of halogens is 4. The average Bonchev–Trinajstić information content (AvgIpc) is 2.73. The van der Waals surface area contributed by atoms with Crippen LogP contribution in [0, 0.1) is 0 Å². The van der Waals surface area contributed by atoms with Crippen LogP contribution in [0.4, 0.5) is 18.9 Å². The molecule has 0 bridgehead atoms. The number of alkyl halides is 3. The summed E-state index contributed by atoms with van der Waals surface area (Å²) in [6, 6.07) is 4.41. The van der Waals surface area contributed by atoms with Crippen LogP contribution in [-0.4, -0.2) is 5.11 Å². The second kappa shape index (κ2) is 5.03. The SMILES string of the molecule is Nc1ccc(C(F)(F)F)cc1C(O)c1sccc1Cl. The molecule has 2 aromatic rings. The van der Waals surface area contributed by atoms with Gasteiger partial charge >= 0.3 is 6.18 Å². The Hall–Kier alpha value is -1.24. The quantitative estimate of drug-likeness (QED) is 0.821. The van der Waals surface area contributed by atoms with E-state index in [-0.39, 0.29) is 11.3 Å². The first kappa shape index (κ1) is 14.2. The van der Waals surface area contributed by atoms with Crippen molar-refractivity contribution in [2.75, 3.05) is 5.73 Å². The van der Waals surface area contributed by atoms with E-state index in [9.17, 15) is 18.3 Å². The van der Waals surface area contributed by atoms with Gasteiger partial charge in [0, 0.05) is 11.3 Å². The molecule has 0 aliphatic heterocycles. The molecule has 102 valence electrons. The van der Waals surface area contributed by atoms with Crippen LogP contribution in [0.3, 0.4) is 0 Å². The number of rotatable bonds is 2. The molecule has 0 spiro atoms. The molecule has 1 aromatic carbocycles. The molecule has 0 radical (unpaired) electrons. The standard InChI is InChI=1S/C12H9ClF3NOS/c13-8-3-4-19-11(8)10(18)7-5-6(12(14,15)16)1-2-9(7)17/h1-5,10,18H,17H2. The Kier molecular flexibility index (Phi) is 3.75. The minimum absolute atomic E-state index is 0.000764. The number of hydrogen-bond acceptors (Lipinski definition) is 3. The third kappa shape index (κ3) is 2.86. The number of thiophene rings is 1. The minimum atomic E-state index is -4.48. The smallest absolute Gasteiger partial charge is 0.398 e. The van der Waals surface area contributed by atoms with Crippen LogP contribution >= 0.6 is 22.9 Å². The maximum atomic E-state index is 12.6. The van der Waals surface area contributed by atoms with Gasteiger partial charge in [-0.25, -0.2) is 0 Å². The fourth-order valence-corrected chi connectivity index (χ4v) is 2.79. The predicted molar refractivity (Wildman–Crippen MR) is 69.2 cm³/mol. The van der Waals surface area contributed by atoms with Crippen molar-refractivity contribution in [3.8, 4) is 0 Å². The Morgan fingerprint density at radius 2 is 1.95 bits per heavy atom. The van der Waals surface area contributed by atoms with Gasteiger partial charge in [0.1, 0.15) is 6.10 Å². The van der Waals surface area contributed by atoms with Crippen LogP contribution in [0.5, 0.6) is 0 Å². The van der Waals surface area contributed by atoms with Crippen molar-refractivity contribution in [1.29, 1.82) is 0 Å². The molecule has 0 fully saturated rings. The molecule has 1 aromatic heterocycles. The molecule has 1 atom stereocenters. The molecule has 0 aliphatic rings. The van der Waals surface area contributed by atoms with Crippen molar-refractivity contribution in [1.82, 2.24) is 0 Å². The summed E-state index contributed by atoms with van der Waals surface area (Å²) in [5.74, 6) is 0. The van der Waals surface area contributed by atoms with Crippen molar-refractivity contribution in [3.05, 3.63) is 50.7 Å². The van der Waals surface area contributed by atoms with Crippen LogP contribution in [-0.2, 0) is 6.18 Å². The van der Waals surface area contributed by atoms with Crippen LogP contribution < -0.4 is 5.73 Å². The summed E-state index contributed by atoms with van der Waals surface area (Å²) in [4.78, 5) is 0.368. The van der Waals surface area contributed by atoms with E-state index in [0.29, 0.717) is 9.90 Å². The molecule has 2 rings (SSSR count). The Morgan fingerprint density at radius 3 is 2.47 bits per heavy atom. The zero-order valence-corrected chi connectivity index (χ0v) is 11.0. The van der Waals surface area contributed by atoms with Crippen molar-refractivity contribution in [3.63, 3.8) is 0 Å². The molecule has 19 heavy (non-hydrogen) atoms. The lowest BCUT2D eigenvalue weighted by molar-refractivity contribution is -0.137. The lowest BCUT2D eigenvalue weighted by Crippen LogP contribution is -2.09. The topological polar surface area (TPSA) is 46.2 Å². The van der Waals surface area contributed by atoms with Crippen molar-refractivity contribution < 1.29 is 18.3 Å². The van der Waals surface area contributed by atoms with Crippen LogP contribution in [0.2, 0.25) is 5.02 Å². The summed E-state index contributed by atoms with van der Waals surface area (Å²) < 4.78 is 37.9. The molecular formula is C12H9ClF3NOS. The monoisotopic (exact) mass is 307 g/mol. The molecule has 2 nitrogen and oxygen atoms in total. The zero-order chi connectivity index (χ0) is 14.2. The third-order valence-corrected chi connectivity index (χ3v) is 4.01. The molecule has 3 N–H and O–H groups in total. The summed E-state index contributed by atoms with van der Waals surface area (Å²) in [7, 11) is 0. The Balaban J connectivity index is 2.47. The Morgan fingerprint density at radius 1 is 1.26 bits per heavy atom. The minimum Gasteiger partial charge on any atom is -0.398 e. The zero-order valence-electron chi connectivity index (χ0n) is 9.41. The van der Waals surface area contributed by atoms with Gasteiger partial charge in [0.25, 0.3) is 0 Å². The summed E-state index contributed by atoms with van der Waals surface area (Å²) in [6.07, 6.45) is -5.75. The van der Waals surface area contributed by atoms with Gasteiger partial charge in [-0.05, 0) is 29.6 Å². The normalized spacial score (nSPS) is 13.5. The fourth-order valence-electron chi connectivity index (χ4n) is 1.63. The van der Waals surface area contributed by atoms with E-state index in [4.69, 9.17) is 17.3 Å². The van der Waals surface area contributed by atoms with Crippen LogP contribution in [0.1, 0.15) is 22.1 Å². The summed E-state index contributed by atoms with van der Waals surface area (Å²) >= 11 is 7.01. The first-order valence-electron chi connectivity index (χ1n) is 5.18. The van der Waals surface area contributed by atoms with E-state index in [0.717, 1.165) is 29.5 Å². The Bertz CT molecular complexity index is 597. The van der Waals surface area contributed by atoms with E-state index < -0.39 is 17.8 Å².